The second kappa shape index (κ2) is 4.16. The molecule has 18 heavy (non-hydrogen) atoms. The fourth-order valence-corrected chi connectivity index (χ4v) is 3.22. The third kappa shape index (κ3) is 1.71. The number of hydrogen-bond donors (Lipinski definition) is 1. The minimum absolute atomic E-state index is 0.362. The van der Waals surface area contributed by atoms with Gasteiger partial charge in [0.2, 0.25) is 0 Å². The maximum absolute atomic E-state index is 9.66. The highest BCUT2D eigenvalue weighted by Gasteiger charge is 2.17. The van der Waals surface area contributed by atoms with E-state index < -0.39 is 0 Å². The first-order chi connectivity index (χ1) is 8.66. The molecule has 0 heterocycles. The molecule has 2 aromatic carbocycles. The van der Waals surface area contributed by atoms with Crippen LogP contribution in [0, 0.1) is 13.8 Å². The van der Waals surface area contributed by atoms with E-state index in [0.29, 0.717) is 5.75 Å². The van der Waals surface area contributed by atoms with Crippen LogP contribution in [0.25, 0.3) is 11.1 Å². The zero-order valence-electron chi connectivity index (χ0n) is 11.0. The molecule has 0 saturated carbocycles. The Labute approximate surface area is 108 Å². The van der Waals surface area contributed by atoms with Crippen molar-refractivity contribution in [1.82, 2.24) is 0 Å². The maximum Gasteiger partial charge on any atom is 0.116 e. The van der Waals surface area contributed by atoms with E-state index in [0.717, 1.165) is 11.1 Å². The molecule has 1 heteroatoms. The predicted octanol–water partition coefficient (Wildman–Crippen LogP) is 4.16. The minimum atomic E-state index is 0.362. The molecule has 0 radical (unpaired) electrons. The molecule has 0 aliphatic heterocycles. The van der Waals surface area contributed by atoms with Crippen LogP contribution in [0.3, 0.4) is 0 Å². The van der Waals surface area contributed by atoms with Crippen LogP contribution in [0.2, 0.25) is 0 Å². The summed E-state index contributed by atoms with van der Waals surface area (Å²) in [5, 5.41) is 9.66. The molecule has 1 aliphatic carbocycles. The van der Waals surface area contributed by atoms with Crippen molar-refractivity contribution in [1.29, 1.82) is 0 Å². The topological polar surface area (TPSA) is 20.2 Å². The summed E-state index contributed by atoms with van der Waals surface area (Å²) in [5.41, 5.74) is 7.99. The molecule has 3 rings (SSSR count). The second-order valence-electron chi connectivity index (χ2n) is 5.25. The highest BCUT2D eigenvalue weighted by Crippen LogP contribution is 2.37. The Morgan fingerprint density at radius 2 is 1.72 bits per heavy atom. The summed E-state index contributed by atoms with van der Waals surface area (Å²) in [7, 11) is 0. The molecule has 0 unspecified atom stereocenters. The summed E-state index contributed by atoms with van der Waals surface area (Å²) >= 11 is 0. The summed E-state index contributed by atoms with van der Waals surface area (Å²) in [4.78, 5) is 0. The van der Waals surface area contributed by atoms with Gasteiger partial charge >= 0.3 is 0 Å². The van der Waals surface area contributed by atoms with Crippen LogP contribution >= 0.6 is 0 Å². The van der Waals surface area contributed by atoms with Gasteiger partial charge in [-0.05, 0) is 78.6 Å². The van der Waals surface area contributed by atoms with Gasteiger partial charge in [0, 0.05) is 0 Å². The molecule has 92 valence electrons. The SMILES string of the molecule is Cc1cc(O)cc(C)c1-c1cccc2c1CCC2. The number of hydrogen-bond acceptors (Lipinski definition) is 1. The maximum atomic E-state index is 9.66. The van der Waals surface area contributed by atoms with E-state index in [1.807, 2.05) is 12.1 Å². The van der Waals surface area contributed by atoms with Gasteiger partial charge in [0.05, 0.1) is 0 Å². The fourth-order valence-electron chi connectivity index (χ4n) is 3.22. The van der Waals surface area contributed by atoms with Crippen molar-refractivity contribution in [2.24, 2.45) is 0 Å². The van der Waals surface area contributed by atoms with Crippen LogP contribution in [0.5, 0.6) is 5.75 Å². The molecule has 0 spiro atoms. The van der Waals surface area contributed by atoms with Crippen molar-refractivity contribution in [3.63, 3.8) is 0 Å². The third-order valence-corrected chi connectivity index (χ3v) is 3.93. The van der Waals surface area contributed by atoms with Gasteiger partial charge in [-0.2, -0.15) is 0 Å². The van der Waals surface area contributed by atoms with Crippen molar-refractivity contribution >= 4 is 0 Å². The Bertz CT molecular complexity index is 588. The molecule has 1 aliphatic rings. The molecule has 0 aromatic heterocycles. The van der Waals surface area contributed by atoms with Gasteiger partial charge in [-0.15, -0.1) is 0 Å². The number of benzene rings is 2. The van der Waals surface area contributed by atoms with Crippen molar-refractivity contribution < 1.29 is 5.11 Å². The molecule has 0 bridgehead atoms. The van der Waals surface area contributed by atoms with E-state index in [1.165, 1.54) is 41.5 Å². The van der Waals surface area contributed by atoms with Crippen LogP contribution in [-0.2, 0) is 12.8 Å². The Morgan fingerprint density at radius 3 is 2.44 bits per heavy atom. The Morgan fingerprint density at radius 1 is 1.00 bits per heavy atom. The first-order valence-corrected chi connectivity index (χ1v) is 6.58. The summed E-state index contributed by atoms with van der Waals surface area (Å²) in [6, 6.07) is 10.3. The number of aromatic hydroxyl groups is 1. The fraction of sp³-hybridized carbons (Fsp3) is 0.294. The van der Waals surface area contributed by atoms with Gasteiger partial charge in [0.25, 0.3) is 0 Å². The second-order valence-corrected chi connectivity index (χ2v) is 5.25. The van der Waals surface area contributed by atoms with Crippen molar-refractivity contribution in [2.45, 2.75) is 33.1 Å². The lowest BCUT2D eigenvalue weighted by atomic mass is 9.90. The van der Waals surface area contributed by atoms with Gasteiger partial charge in [-0.3, -0.25) is 0 Å². The standard InChI is InChI=1S/C17H18O/c1-11-9-14(18)10-12(2)17(11)16-8-4-6-13-5-3-7-15(13)16/h4,6,8-10,18H,3,5,7H2,1-2H3. The summed E-state index contributed by atoms with van der Waals surface area (Å²) < 4.78 is 0. The lowest BCUT2D eigenvalue weighted by Crippen LogP contribution is -1.93. The lowest BCUT2D eigenvalue weighted by Gasteiger charge is -2.14. The Balaban J connectivity index is 2.25. The first-order valence-electron chi connectivity index (χ1n) is 6.58. The van der Waals surface area contributed by atoms with Gasteiger partial charge in [0.1, 0.15) is 5.75 Å². The van der Waals surface area contributed by atoms with E-state index in [1.54, 1.807) is 0 Å². The molecule has 0 fully saturated rings. The monoisotopic (exact) mass is 238 g/mol. The molecular weight excluding hydrogens is 220 g/mol. The van der Waals surface area contributed by atoms with Crippen LogP contribution in [0.15, 0.2) is 30.3 Å². The Kier molecular flexibility index (Phi) is 2.62. The zero-order valence-corrected chi connectivity index (χ0v) is 11.0. The van der Waals surface area contributed by atoms with Gasteiger partial charge in [0.15, 0.2) is 0 Å². The van der Waals surface area contributed by atoms with Crippen LogP contribution in [0.4, 0.5) is 0 Å². The van der Waals surface area contributed by atoms with E-state index in [-0.39, 0.29) is 0 Å². The predicted molar refractivity (Wildman–Crippen MR) is 75.0 cm³/mol. The molecule has 0 amide bonds. The first kappa shape index (κ1) is 11.3. The van der Waals surface area contributed by atoms with E-state index in [2.05, 4.69) is 32.0 Å². The Hall–Kier alpha value is -1.76. The summed E-state index contributed by atoms with van der Waals surface area (Å²) in [6.45, 7) is 4.16. The van der Waals surface area contributed by atoms with Crippen LogP contribution < -0.4 is 0 Å². The van der Waals surface area contributed by atoms with E-state index in [9.17, 15) is 5.11 Å². The smallest absolute Gasteiger partial charge is 0.116 e. The average molecular weight is 238 g/mol. The number of phenols is 1. The molecule has 1 nitrogen and oxygen atoms in total. The van der Waals surface area contributed by atoms with Gasteiger partial charge in [-0.1, -0.05) is 18.2 Å². The number of fused-ring (bicyclic) bond motifs is 1. The van der Waals surface area contributed by atoms with Crippen LogP contribution in [-0.4, -0.2) is 5.11 Å². The van der Waals surface area contributed by atoms with Gasteiger partial charge in [-0.25, -0.2) is 0 Å². The average Bonchev–Trinajstić information content (AvgIpc) is 2.76. The number of aryl methyl sites for hydroxylation is 3. The largest absolute Gasteiger partial charge is 0.508 e. The molecule has 0 atom stereocenters. The summed E-state index contributed by atoms with van der Waals surface area (Å²) in [6.07, 6.45) is 3.66. The van der Waals surface area contributed by atoms with E-state index in [4.69, 9.17) is 0 Å². The molecule has 2 aromatic rings. The van der Waals surface area contributed by atoms with Crippen LogP contribution in [0.1, 0.15) is 28.7 Å². The number of phenolic OH excluding ortho intramolecular Hbond substituents is 1. The third-order valence-electron chi connectivity index (χ3n) is 3.93. The quantitative estimate of drug-likeness (QED) is 0.790. The zero-order chi connectivity index (χ0) is 12.7. The molecular formula is C17H18O. The molecule has 0 saturated heterocycles. The van der Waals surface area contributed by atoms with E-state index >= 15 is 0 Å². The van der Waals surface area contributed by atoms with Crippen molar-refractivity contribution in [3.05, 3.63) is 52.6 Å². The minimum Gasteiger partial charge on any atom is -0.508 e. The van der Waals surface area contributed by atoms with Crippen molar-refractivity contribution in [3.8, 4) is 16.9 Å². The lowest BCUT2D eigenvalue weighted by molar-refractivity contribution is 0.474. The normalized spacial score (nSPS) is 13.7. The molecule has 1 N–H and O–H groups in total. The highest BCUT2D eigenvalue weighted by molar-refractivity contribution is 5.76. The van der Waals surface area contributed by atoms with Gasteiger partial charge < -0.3 is 5.11 Å². The number of rotatable bonds is 1. The highest BCUT2D eigenvalue weighted by atomic mass is 16.3. The summed E-state index contributed by atoms with van der Waals surface area (Å²) in [5.74, 6) is 0.362. The van der Waals surface area contributed by atoms with Crippen molar-refractivity contribution in [2.75, 3.05) is 0 Å².